The minimum absolute atomic E-state index is 0.569. The Kier molecular flexibility index (Phi) is 3.23. The highest BCUT2D eigenvalue weighted by atomic mass is 16.5. The van der Waals surface area contributed by atoms with Crippen LogP contribution in [0.15, 0.2) is 0 Å². The van der Waals surface area contributed by atoms with Crippen molar-refractivity contribution in [2.24, 2.45) is 11.8 Å². The van der Waals surface area contributed by atoms with Gasteiger partial charge in [0.05, 0.1) is 6.10 Å². The molecule has 0 radical (unpaired) electrons. The van der Waals surface area contributed by atoms with Crippen LogP contribution < -0.4 is 5.32 Å². The molecule has 0 spiro atoms. The summed E-state index contributed by atoms with van der Waals surface area (Å²) in [6.45, 7) is 2.40. The van der Waals surface area contributed by atoms with E-state index in [0.717, 1.165) is 11.8 Å². The number of rotatable bonds is 3. The van der Waals surface area contributed by atoms with Gasteiger partial charge in [0.15, 0.2) is 0 Å². The molecule has 1 saturated heterocycles. The lowest BCUT2D eigenvalue weighted by atomic mass is 9.91. The Morgan fingerprint density at radius 2 is 1.85 bits per heavy atom. The summed E-state index contributed by atoms with van der Waals surface area (Å²) in [5.74, 6) is 1.72. The largest absolute Gasteiger partial charge is 0.381 e. The van der Waals surface area contributed by atoms with Crippen LogP contribution in [0.2, 0.25) is 0 Å². The van der Waals surface area contributed by atoms with Gasteiger partial charge in [-0.2, -0.15) is 0 Å². The van der Waals surface area contributed by atoms with Gasteiger partial charge in [-0.15, -0.1) is 0 Å². The smallest absolute Gasteiger partial charge is 0.0628 e. The molecule has 0 aromatic heterocycles. The molecule has 2 fully saturated rings. The maximum absolute atomic E-state index is 5.64. The van der Waals surface area contributed by atoms with E-state index in [2.05, 4.69) is 5.32 Å². The van der Waals surface area contributed by atoms with Gasteiger partial charge in [-0.1, -0.05) is 0 Å². The van der Waals surface area contributed by atoms with Crippen LogP contribution in [-0.2, 0) is 4.74 Å². The first-order valence-electron chi connectivity index (χ1n) is 5.65. The lowest BCUT2D eigenvalue weighted by molar-refractivity contribution is 0.0301. The molecule has 0 amide bonds. The number of nitrogens with one attached hydrogen (secondary N) is 1. The van der Waals surface area contributed by atoms with Gasteiger partial charge in [0, 0.05) is 7.11 Å². The third kappa shape index (κ3) is 2.44. The van der Waals surface area contributed by atoms with Crippen molar-refractivity contribution in [2.75, 3.05) is 20.2 Å². The third-order valence-electron chi connectivity index (χ3n) is 3.44. The van der Waals surface area contributed by atoms with Crippen molar-refractivity contribution in [1.82, 2.24) is 5.32 Å². The predicted molar refractivity (Wildman–Crippen MR) is 53.7 cm³/mol. The van der Waals surface area contributed by atoms with Crippen LogP contribution in [0.1, 0.15) is 32.1 Å². The summed E-state index contributed by atoms with van der Waals surface area (Å²) in [4.78, 5) is 0. The van der Waals surface area contributed by atoms with Crippen molar-refractivity contribution < 1.29 is 4.74 Å². The molecule has 1 heterocycles. The van der Waals surface area contributed by atoms with E-state index in [1.807, 2.05) is 7.11 Å². The fourth-order valence-electron chi connectivity index (χ4n) is 2.57. The van der Waals surface area contributed by atoms with Gasteiger partial charge >= 0.3 is 0 Å². The standard InChI is InChI=1S/C11H21NO/c1-13-11(10-4-5-10)9-3-2-7-12-8-6-9/h9-12H,2-8H2,1H3. The summed E-state index contributed by atoms with van der Waals surface area (Å²) < 4.78 is 5.64. The summed E-state index contributed by atoms with van der Waals surface area (Å²) in [5.41, 5.74) is 0. The van der Waals surface area contributed by atoms with Crippen molar-refractivity contribution in [3.05, 3.63) is 0 Å². The van der Waals surface area contributed by atoms with E-state index in [1.54, 1.807) is 0 Å². The maximum Gasteiger partial charge on any atom is 0.0628 e. The summed E-state index contributed by atoms with van der Waals surface area (Å²) in [7, 11) is 1.89. The van der Waals surface area contributed by atoms with Crippen molar-refractivity contribution in [2.45, 2.75) is 38.2 Å². The summed E-state index contributed by atoms with van der Waals surface area (Å²) in [6, 6.07) is 0. The normalized spacial score (nSPS) is 32.5. The number of ether oxygens (including phenoxy) is 1. The average Bonchev–Trinajstić information content (AvgIpc) is 2.92. The maximum atomic E-state index is 5.64. The zero-order chi connectivity index (χ0) is 9.10. The first-order chi connectivity index (χ1) is 6.42. The molecule has 1 saturated carbocycles. The predicted octanol–water partition coefficient (Wildman–Crippen LogP) is 1.80. The highest BCUT2D eigenvalue weighted by molar-refractivity contribution is 4.87. The quantitative estimate of drug-likeness (QED) is 0.720. The van der Waals surface area contributed by atoms with Gasteiger partial charge in [-0.25, -0.2) is 0 Å². The van der Waals surface area contributed by atoms with Gasteiger partial charge in [0.25, 0.3) is 0 Å². The van der Waals surface area contributed by atoms with E-state index < -0.39 is 0 Å². The number of hydrogen-bond donors (Lipinski definition) is 1. The van der Waals surface area contributed by atoms with Crippen LogP contribution in [0, 0.1) is 11.8 Å². The third-order valence-corrected chi connectivity index (χ3v) is 3.44. The van der Waals surface area contributed by atoms with Gasteiger partial charge in [-0.3, -0.25) is 0 Å². The SMILES string of the molecule is COC(C1CCCNCC1)C1CC1. The molecule has 2 atom stereocenters. The molecule has 2 aliphatic rings. The average molecular weight is 183 g/mol. The van der Waals surface area contributed by atoms with Crippen LogP contribution in [0.4, 0.5) is 0 Å². The van der Waals surface area contributed by atoms with Crippen LogP contribution in [0.5, 0.6) is 0 Å². The Labute approximate surface area is 81.0 Å². The topological polar surface area (TPSA) is 21.3 Å². The highest BCUT2D eigenvalue weighted by Crippen LogP contribution is 2.39. The zero-order valence-electron chi connectivity index (χ0n) is 8.59. The second-order valence-electron chi connectivity index (χ2n) is 4.48. The van der Waals surface area contributed by atoms with E-state index in [-0.39, 0.29) is 0 Å². The van der Waals surface area contributed by atoms with Crippen LogP contribution in [0.25, 0.3) is 0 Å². The van der Waals surface area contributed by atoms with Crippen molar-refractivity contribution in [3.8, 4) is 0 Å². The minimum atomic E-state index is 0.569. The van der Waals surface area contributed by atoms with Gasteiger partial charge in [0.2, 0.25) is 0 Å². The number of hydrogen-bond acceptors (Lipinski definition) is 2. The Bertz CT molecular complexity index is 148. The van der Waals surface area contributed by atoms with E-state index in [0.29, 0.717) is 6.10 Å². The Morgan fingerprint density at radius 1 is 1.08 bits per heavy atom. The second kappa shape index (κ2) is 4.43. The van der Waals surface area contributed by atoms with E-state index in [9.17, 15) is 0 Å². The van der Waals surface area contributed by atoms with Crippen LogP contribution in [-0.4, -0.2) is 26.3 Å². The van der Waals surface area contributed by atoms with Crippen molar-refractivity contribution in [3.63, 3.8) is 0 Å². The molecule has 1 aliphatic carbocycles. The molecule has 0 bridgehead atoms. The van der Waals surface area contributed by atoms with Crippen LogP contribution >= 0.6 is 0 Å². The van der Waals surface area contributed by atoms with Crippen LogP contribution in [0.3, 0.4) is 0 Å². The molecule has 2 rings (SSSR count). The Balaban J connectivity index is 1.87. The molecule has 1 N–H and O–H groups in total. The molecule has 13 heavy (non-hydrogen) atoms. The minimum Gasteiger partial charge on any atom is -0.381 e. The van der Waals surface area contributed by atoms with Gasteiger partial charge < -0.3 is 10.1 Å². The molecular formula is C11H21NO. The first-order valence-corrected chi connectivity index (χ1v) is 5.65. The van der Waals surface area contributed by atoms with Gasteiger partial charge in [0.1, 0.15) is 0 Å². The highest BCUT2D eigenvalue weighted by Gasteiger charge is 2.36. The number of methoxy groups -OCH3 is 1. The lowest BCUT2D eigenvalue weighted by Gasteiger charge is -2.24. The molecule has 1 aliphatic heterocycles. The molecule has 2 heteroatoms. The fourth-order valence-corrected chi connectivity index (χ4v) is 2.57. The van der Waals surface area contributed by atoms with E-state index in [4.69, 9.17) is 4.74 Å². The summed E-state index contributed by atoms with van der Waals surface area (Å²) in [5, 5.41) is 3.46. The molecule has 0 aromatic carbocycles. The van der Waals surface area contributed by atoms with Gasteiger partial charge in [-0.05, 0) is 57.0 Å². The van der Waals surface area contributed by atoms with Crippen molar-refractivity contribution in [1.29, 1.82) is 0 Å². The zero-order valence-corrected chi connectivity index (χ0v) is 8.59. The monoisotopic (exact) mass is 183 g/mol. The molecule has 2 nitrogen and oxygen atoms in total. The molecule has 76 valence electrons. The molecular weight excluding hydrogens is 162 g/mol. The summed E-state index contributed by atoms with van der Waals surface area (Å²) >= 11 is 0. The lowest BCUT2D eigenvalue weighted by Crippen LogP contribution is -2.26. The molecule has 2 unspecified atom stereocenters. The van der Waals surface area contributed by atoms with Crippen molar-refractivity contribution >= 4 is 0 Å². The fraction of sp³-hybridized carbons (Fsp3) is 1.00. The Morgan fingerprint density at radius 3 is 2.54 bits per heavy atom. The summed E-state index contributed by atoms with van der Waals surface area (Å²) in [6.07, 6.45) is 7.39. The molecule has 0 aromatic rings. The Hall–Kier alpha value is -0.0800. The van der Waals surface area contributed by atoms with E-state index in [1.165, 1.54) is 45.2 Å². The van der Waals surface area contributed by atoms with E-state index >= 15 is 0 Å². The first kappa shape index (κ1) is 9.47. The second-order valence-corrected chi connectivity index (χ2v) is 4.48.